The molecule has 3 aromatic carbocycles. The van der Waals surface area contributed by atoms with Crippen LogP contribution in [0.15, 0.2) is 72.8 Å². The molecular weight excluding hydrogens is 492 g/mol. The minimum absolute atomic E-state index is 0.0187. The molecule has 1 aliphatic carbocycles. The Morgan fingerprint density at radius 3 is 2.44 bits per heavy atom. The van der Waals surface area contributed by atoms with E-state index in [9.17, 15) is 14.7 Å². The lowest BCUT2D eigenvalue weighted by Crippen LogP contribution is -2.47. The predicted molar refractivity (Wildman–Crippen MR) is 148 cm³/mol. The van der Waals surface area contributed by atoms with Crippen molar-refractivity contribution < 1.29 is 24.2 Å². The number of carbonyl (C=O) groups is 2. The molecular formula is C32H34N2O5. The highest BCUT2D eigenvalue weighted by Crippen LogP contribution is 2.47. The Morgan fingerprint density at radius 1 is 0.949 bits per heavy atom. The Balaban J connectivity index is 1.07. The van der Waals surface area contributed by atoms with Gasteiger partial charge in [0, 0.05) is 29.6 Å². The first-order valence-electron chi connectivity index (χ1n) is 13.9. The van der Waals surface area contributed by atoms with Gasteiger partial charge in [-0.25, -0.2) is 0 Å². The Bertz CT molecular complexity index is 1320. The molecule has 0 bridgehead atoms. The van der Waals surface area contributed by atoms with Gasteiger partial charge in [0.1, 0.15) is 18.0 Å². The average Bonchev–Trinajstić information content (AvgIpc) is 3.29. The summed E-state index contributed by atoms with van der Waals surface area (Å²) in [6, 6.07) is 24.1. The van der Waals surface area contributed by atoms with Crippen LogP contribution in [0.4, 0.5) is 5.69 Å². The van der Waals surface area contributed by atoms with Gasteiger partial charge in [0.2, 0.25) is 11.8 Å². The van der Waals surface area contributed by atoms with Crippen LogP contribution in [0.2, 0.25) is 0 Å². The van der Waals surface area contributed by atoms with Crippen LogP contribution in [-0.2, 0) is 20.9 Å². The molecule has 7 nitrogen and oxygen atoms in total. The van der Waals surface area contributed by atoms with E-state index in [0.717, 1.165) is 53.0 Å². The van der Waals surface area contributed by atoms with Crippen LogP contribution in [0.25, 0.3) is 11.1 Å². The molecule has 2 fully saturated rings. The quantitative estimate of drug-likeness (QED) is 0.392. The van der Waals surface area contributed by atoms with Gasteiger partial charge in [0.05, 0.1) is 19.1 Å². The molecule has 39 heavy (non-hydrogen) atoms. The number of carbonyl (C=O) groups excluding carboxylic acids is 2. The maximum Gasteiger partial charge on any atom is 0.227 e. The molecule has 2 aliphatic heterocycles. The molecule has 3 aromatic rings. The van der Waals surface area contributed by atoms with E-state index in [2.05, 4.69) is 34.9 Å². The number of aliphatic hydroxyl groups excluding tert-OH is 1. The van der Waals surface area contributed by atoms with Crippen molar-refractivity contribution in [2.75, 3.05) is 11.9 Å². The summed E-state index contributed by atoms with van der Waals surface area (Å²) in [6.07, 6.45) is 2.64. The molecule has 1 saturated heterocycles. The summed E-state index contributed by atoms with van der Waals surface area (Å²) in [7, 11) is 0. The Labute approximate surface area is 228 Å². The molecule has 0 spiro atoms. The Morgan fingerprint density at radius 2 is 1.72 bits per heavy atom. The van der Waals surface area contributed by atoms with Crippen molar-refractivity contribution in [3.05, 3.63) is 83.9 Å². The standard InChI is InChI=1S/C32H34N2O5/c35-19-29-31-27(26-15-24(13-14-28(26)39-31)34-32(37)23-7-4-8-23)16-25(38-29)17-30(36)33-18-20-9-11-22(12-10-20)21-5-2-1-3-6-21/h1-3,5-6,9-15,23,25,27,29,31,35H,4,7-8,16-19H2,(H,33,36)(H,34,37)/t25-,27+,29-,31-/m1/s1. The highest BCUT2D eigenvalue weighted by Gasteiger charge is 2.46. The molecule has 6 rings (SSSR count). The molecule has 2 heterocycles. The summed E-state index contributed by atoms with van der Waals surface area (Å²) < 4.78 is 12.3. The number of nitrogens with one attached hydrogen (secondary N) is 2. The van der Waals surface area contributed by atoms with Crippen molar-refractivity contribution >= 4 is 17.5 Å². The zero-order valence-corrected chi connectivity index (χ0v) is 21.8. The summed E-state index contributed by atoms with van der Waals surface area (Å²) >= 11 is 0. The highest BCUT2D eigenvalue weighted by molar-refractivity contribution is 5.93. The van der Waals surface area contributed by atoms with Crippen LogP contribution in [0, 0.1) is 5.92 Å². The smallest absolute Gasteiger partial charge is 0.227 e. The van der Waals surface area contributed by atoms with E-state index < -0.39 is 6.10 Å². The van der Waals surface area contributed by atoms with Crippen LogP contribution in [-0.4, -0.2) is 41.8 Å². The van der Waals surface area contributed by atoms with Gasteiger partial charge in [0.15, 0.2) is 0 Å². The van der Waals surface area contributed by atoms with Gasteiger partial charge in [-0.3, -0.25) is 9.59 Å². The lowest BCUT2D eigenvalue weighted by Gasteiger charge is -2.37. The number of benzene rings is 3. The third-order valence-electron chi connectivity index (χ3n) is 8.21. The molecule has 3 aliphatic rings. The second kappa shape index (κ2) is 11.2. The molecule has 0 unspecified atom stereocenters. The first-order chi connectivity index (χ1) is 19.1. The second-order valence-corrected chi connectivity index (χ2v) is 10.8. The van der Waals surface area contributed by atoms with Crippen molar-refractivity contribution in [1.29, 1.82) is 0 Å². The number of fused-ring (bicyclic) bond motifs is 3. The minimum atomic E-state index is -0.521. The topological polar surface area (TPSA) is 96.9 Å². The van der Waals surface area contributed by atoms with Crippen molar-refractivity contribution in [2.24, 2.45) is 5.92 Å². The van der Waals surface area contributed by atoms with Crippen LogP contribution in [0.1, 0.15) is 49.1 Å². The summed E-state index contributed by atoms with van der Waals surface area (Å²) in [4.78, 5) is 25.3. The minimum Gasteiger partial charge on any atom is -0.487 e. The number of amides is 2. The van der Waals surface area contributed by atoms with Crippen LogP contribution < -0.4 is 15.4 Å². The number of hydrogen-bond donors (Lipinski definition) is 3. The van der Waals surface area contributed by atoms with E-state index in [4.69, 9.17) is 9.47 Å². The van der Waals surface area contributed by atoms with E-state index in [0.29, 0.717) is 13.0 Å². The molecule has 4 atom stereocenters. The van der Waals surface area contributed by atoms with Crippen molar-refractivity contribution in [3.63, 3.8) is 0 Å². The SMILES string of the molecule is O=C(C[C@H]1C[C@H]2c3cc(NC(=O)C4CCC4)ccc3O[C@H]2[C@@H](CO)O1)NCc1ccc(-c2ccccc2)cc1. The number of ether oxygens (including phenoxy) is 2. The molecule has 0 radical (unpaired) electrons. The van der Waals surface area contributed by atoms with Gasteiger partial charge in [0.25, 0.3) is 0 Å². The number of hydrogen-bond acceptors (Lipinski definition) is 5. The van der Waals surface area contributed by atoms with Crippen molar-refractivity contribution in [1.82, 2.24) is 5.32 Å². The normalized spacial score (nSPS) is 23.6. The van der Waals surface area contributed by atoms with E-state index in [1.807, 2.05) is 48.5 Å². The van der Waals surface area contributed by atoms with Crippen molar-refractivity contribution in [2.45, 2.75) is 62.9 Å². The summed E-state index contributed by atoms with van der Waals surface area (Å²) in [6.45, 7) is 0.248. The molecule has 202 valence electrons. The van der Waals surface area contributed by atoms with E-state index in [-0.39, 0.29) is 48.9 Å². The maximum absolute atomic E-state index is 12.8. The predicted octanol–water partition coefficient (Wildman–Crippen LogP) is 4.79. The van der Waals surface area contributed by atoms with E-state index in [1.165, 1.54) is 0 Å². The lowest BCUT2D eigenvalue weighted by molar-refractivity contribution is -0.142. The van der Waals surface area contributed by atoms with Crippen molar-refractivity contribution in [3.8, 4) is 16.9 Å². The van der Waals surface area contributed by atoms with Gasteiger partial charge in [-0.05, 0) is 54.2 Å². The third kappa shape index (κ3) is 5.56. The zero-order valence-electron chi connectivity index (χ0n) is 21.8. The lowest BCUT2D eigenvalue weighted by atomic mass is 9.83. The first-order valence-corrected chi connectivity index (χ1v) is 13.9. The highest BCUT2D eigenvalue weighted by atomic mass is 16.6. The number of aliphatic hydroxyl groups is 1. The summed E-state index contributed by atoms with van der Waals surface area (Å²) in [5.41, 5.74) is 5.07. The fourth-order valence-electron chi connectivity index (χ4n) is 5.81. The molecule has 1 saturated carbocycles. The second-order valence-electron chi connectivity index (χ2n) is 10.8. The fraction of sp³-hybridized carbons (Fsp3) is 0.375. The summed E-state index contributed by atoms with van der Waals surface area (Å²) in [5, 5.41) is 16.1. The Kier molecular flexibility index (Phi) is 7.35. The summed E-state index contributed by atoms with van der Waals surface area (Å²) in [5.74, 6) is 0.811. The molecule has 2 amide bonds. The van der Waals surface area contributed by atoms with Crippen LogP contribution in [0.5, 0.6) is 5.75 Å². The van der Waals surface area contributed by atoms with E-state index in [1.54, 1.807) is 0 Å². The maximum atomic E-state index is 12.8. The third-order valence-corrected chi connectivity index (χ3v) is 8.21. The fourth-order valence-corrected chi connectivity index (χ4v) is 5.81. The zero-order chi connectivity index (χ0) is 26.8. The number of rotatable bonds is 8. The van der Waals surface area contributed by atoms with Crippen LogP contribution >= 0.6 is 0 Å². The first kappa shape index (κ1) is 25.6. The van der Waals surface area contributed by atoms with Crippen LogP contribution in [0.3, 0.4) is 0 Å². The van der Waals surface area contributed by atoms with Gasteiger partial charge in [-0.15, -0.1) is 0 Å². The van der Waals surface area contributed by atoms with Gasteiger partial charge < -0.3 is 25.2 Å². The van der Waals surface area contributed by atoms with Gasteiger partial charge in [-0.2, -0.15) is 0 Å². The molecule has 0 aromatic heterocycles. The molecule has 3 N–H and O–H groups in total. The Hall–Kier alpha value is -3.68. The monoisotopic (exact) mass is 526 g/mol. The average molecular weight is 527 g/mol. The van der Waals surface area contributed by atoms with Gasteiger partial charge in [-0.1, -0.05) is 61.0 Å². The largest absolute Gasteiger partial charge is 0.487 e. The number of anilines is 1. The molecule has 7 heteroatoms. The van der Waals surface area contributed by atoms with E-state index >= 15 is 0 Å². The van der Waals surface area contributed by atoms with Gasteiger partial charge >= 0.3 is 0 Å².